The van der Waals surface area contributed by atoms with Crippen LogP contribution in [0.4, 0.5) is 11.6 Å². The second-order valence-electron chi connectivity index (χ2n) is 5.38. The molecular formula is C17H16N4. The van der Waals surface area contributed by atoms with Crippen molar-refractivity contribution in [3.63, 3.8) is 0 Å². The van der Waals surface area contributed by atoms with Crippen molar-refractivity contribution in [3.8, 4) is 0 Å². The highest BCUT2D eigenvalue weighted by atomic mass is 14.8. The molecule has 0 unspecified atom stereocenters. The molecule has 21 heavy (non-hydrogen) atoms. The summed E-state index contributed by atoms with van der Waals surface area (Å²) in [5.74, 6) is 1.39. The highest BCUT2D eigenvalue weighted by Gasteiger charge is 2.08. The fourth-order valence-corrected chi connectivity index (χ4v) is 2.99. The van der Waals surface area contributed by atoms with Gasteiger partial charge in [0.15, 0.2) is 0 Å². The topological polar surface area (TPSA) is 83.6 Å². The van der Waals surface area contributed by atoms with Crippen LogP contribution in [0.1, 0.15) is 11.1 Å². The smallest absolute Gasteiger partial charge is 0.101 e. The van der Waals surface area contributed by atoms with Crippen LogP contribution in [0.3, 0.4) is 0 Å². The van der Waals surface area contributed by atoms with E-state index in [9.17, 15) is 0 Å². The van der Waals surface area contributed by atoms with Crippen LogP contribution in [-0.2, 0) is 6.42 Å². The maximum absolute atomic E-state index is 5.87. The van der Waals surface area contributed by atoms with Crippen LogP contribution in [0.2, 0.25) is 0 Å². The van der Waals surface area contributed by atoms with Crippen molar-refractivity contribution in [2.75, 3.05) is 11.5 Å². The third kappa shape index (κ3) is 1.92. The monoisotopic (exact) mass is 276 g/mol. The molecule has 4 heteroatoms. The van der Waals surface area contributed by atoms with Crippen molar-refractivity contribution in [2.24, 2.45) is 0 Å². The van der Waals surface area contributed by atoms with Crippen molar-refractivity contribution in [3.05, 3.63) is 59.7 Å². The van der Waals surface area contributed by atoms with Gasteiger partial charge in [0, 0.05) is 21.8 Å². The van der Waals surface area contributed by atoms with E-state index in [4.69, 9.17) is 11.5 Å². The largest absolute Gasteiger partial charge is 0.385 e. The summed E-state index contributed by atoms with van der Waals surface area (Å²) in [6, 6.07) is 16.5. The summed E-state index contributed by atoms with van der Waals surface area (Å²) in [7, 11) is 0. The normalized spacial score (nSPS) is 11.4. The van der Waals surface area contributed by atoms with Crippen LogP contribution < -0.4 is 11.5 Å². The number of aromatic amines is 2. The molecule has 4 aromatic rings. The number of hydrogen-bond acceptors (Lipinski definition) is 2. The number of nitrogen functional groups attached to an aromatic ring is 2. The van der Waals surface area contributed by atoms with Gasteiger partial charge in [0.2, 0.25) is 0 Å². The second kappa shape index (κ2) is 4.31. The van der Waals surface area contributed by atoms with E-state index in [0.717, 1.165) is 17.5 Å². The molecule has 6 N–H and O–H groups in total. The molecule has 0 fully saturated rings. The van der Waals surface area contributed by atoms with E-state index in [2.05, 4.69) is 34.2 Å². The minimum Gasteiger partial charge on any atom is -0.385 e. The van der Waals surface area contributed by atoms with Gasteiger partial charge in [-0.1, -0.05) is 24.3 Å². The minimum atomic E-state index is 0.696. The van der Waals surface area contributed by atoms with Gasteiger partial charge >= 0.3 is 0 Å². The molecule has 0 atom stereocenters. The van der Waals surface area contributed by atoms with Crippen molar-refractivity contribution in [1.82, 2.24) is 9.97 Å². The zero-order chi connectivity index (χ0) is 14.4. The molecule has 0 aliphatic carbocycles. The molecule has 2 aromatic heterocycles. The van der Waals surface area contributed by atoms with Gasteiger partial charge < -0.3 is 21.4 Å². The highest BCUT2D eigenvalue weighted by molar-refractivity contribution is 5.89. The van der Waals surface area contributed by atoms with E-state index in [0.29, 0.717) is 11.6 Å². The average molecular weight is 276 g/mol. The van der Waals surface area contributed by atoms with Gasteiger partial charge in [0.25, 0.3) is 0 Å². The van der Waals surface area contributed by atoms with Gasteiger partial charge in [-0.2, -0.15) is 0 Å². The summed E-state index contributed by atoms with van der Waals surface area (Å²) >= 11 is 0. The molecule has 104 valence electrons. The van der Waals surface area contributed by atoms with Crippen LogP contribution in [0.5, 0.6) is 0 Å². The van der Waals surface area contributed by atoms with Crippen LogP contribution in [0, 0.1) is 0 Å². The Morgan fingerprint density at radius 3 is 1.67 bits per heavy atom. The van der Waals surface area contributed by atoms with Crippen LogP contribution in [-0.4, -0.2) is 9.97 Å². The van der Waals surface area contributed by atoms with Crippen molar-refractivity contribution in [1.29, 1.82) is 0 Å². The molecule has 0 saturated heterocycles. The minimum absolute atomic E-state index is 0.696. The summed E-state index contributed by atoms with van der Waals surface area (Å²) in [6.07, 6.45) is 0.850. The lowest BCUT2D eigenvalue weighted by Crippen LogP contribution is -1.89. The number of H-pyrrole nitrogens is 2. The first-order chi connectivity index (χ1) is 10.2. The zero-order valence-electron chi connectivity index (χ0n) is 11.5. The molecule has 0 aliphatic rings. The predicted molar refractivity (Wildman–Crippen MR) is 88.2 cm³/mol. The molecule has 0 radical (unpaired) electrons. The summed E-state index contributed by atoms with van der Waals surface area (Å²) in [5, 5.41) is 2.35. The second-order valence-corrected chi connectivity index (χ2v) is 5.38. The molecule has 0 saturated carbocycles. The van der Waals surface area contributed by atoms with Crippen LogP contribution in [0.15, 0.2) is 48.5 Å². The first kappa shape index (κ1) is 11.9. The SMILES string of the molecule is Nc1cc2c(Cc3cccc4[nH]c(N)cc34)cccc2[nH]1. The maximum atomic E-state index is 5.87. The Morgan fingerprint density at radius 2 is 1.19 bits per heavy atom. The summed E-state index contributed by atoms with van der Waals surface area (Å²) in [6.45, 7) is 0. The number of aromatic nitrogens is 2. The fourth-order valence-electron chi connectivity index (χ4n) is 2.99. The first-order valence-electron chi connectivity index (χ1n) is 6.93. The van der Waals surface area contributed by atoms with E-state index in [1.807, 2.05) is 24.3 Å². The number of nitrogens with one attached hydrogen (secondary N) is 2. The summed E-state index contributed by atoms with van der Waals surface area (Å²) in [5.41, 5.74) is 16.4. The van der Waals surface area contributed by atoms with Gasteiger partial charge in [-0.3, -0.25) is 0 Å². The van der Waals surface area contributed by atoms with E-state index in [-0.39, 0.29) is 0 Å². The molecule has 0 amide bonds. The molecule has 2 aromatic carbocycles. The molecule has 0 bridgehead atoms. The molecular weight excluding hydrogens is 260 g/mol. The number of anilines is 2. The quantitative estimate of drug-likeness (QED) is 0.452. The summed E-state index contributed by atoms with van der Waals surface area (Å²) < 4.78 is 0. The van der Waals surface area contributed by atoms with Crippen molar-refractivity contribution in [2.45, 2.75) is 6.42 Å². The van der Waals surface area contributed by atoms with Gasteiger partial charge in [-0.15, -0.1) is 0 Å². The molecule has 0 spiro atoms. The van der Waals surface area contributed by atoms with Crippen molar-refractivity contribution >= 4 is 33.4 Å². The lowest BCUT2D eigenvalue weighted by molar-refractivity contribution is 1.24. The maximum Gasteiger partial charge on any atom is 0.101 e. The van der Waals surface area contributed by atoms with Gasteiger partial charge in [0.1, 0.15) is 11.6 Å². The third-order valence-electron chi connectivity index (χ3n) is 3.93. The lowest BCUT2D eigenvalue weighted by Gasteiger charge is -2.05. The van der Waals surface area contributed by atoms with E-state index in [1.165, 1.54) is 21.9 Å². The highest BCUT2D eigenvalue weighted by Crippen LogP contribution is 2.27. The van der Waals surface area contributed by atoms with E-state index >= 15 is 0 Å². The third-order valence-corrected chi connectivity index (χ3v) is 3.93. The molecule has 4 rings (SSSR count). The van der Waals surface area contributed by atoms with Crippen LogP contribution >= 0.6 is 0 Å². The Bertz CT molecular complexity index is 868. The molecule has 4 nitrogen and oxygen atoms in total. The Labute approximate surface area is 121 Å². The Hall–Kier alpha value is -2.88. The zero-order valence-corrected chi connectivity index (χ0v) is 11.5. The number of hydrogen-bond donors (Lipinski definition) is 4. The standard InChI is InChI=1S/C17H16N4/c18-16-8-12-10(3-1-5-14(12)20-16)7-11-4-2-6-15-13(11)9-17(19)21-15/h1-6,8-9,20-21H,7,18-19H2. The van der Waals surface area contributed by atoms with Gasteiger partial charge in [-0.25, -0.2) is 0 Å². The van der Waals surface area contributed by atoms with Crippen LogP contribution in [0.25, 0.3) is 21.8 Å². The molecule has 2 heterocycles. The average Bonchev–Trinajstić information content (AvgIpc) is 3.01. The lowest BCUT2D eigenvalue weighted by atomic mass is 9.99. The van der Waals surface area contributed by atoms with Gasteiger partial charge in [-0.05, 0) is 41.8 Å². The number of rotatable bonds is 2. The van der Waals surface area contributed by atoms with Crippen molar-refractivity contribution < 1.29 is 0 Å². The predicted octanol–water partition coefficient (Wildman–Crippen LogP) is 3.40. The van der Waals surface area contributed by atoms with E-state index < -0.39 is 0 Å². The Morgan fingerprint density at radius 1 is 0.714 bits per heavy atom. The Kier molecular flexibility index (Phi) is 2.44. The number of benzene rings is 2. The first-order valence-corrected chi connectivity index (χ1v) is 6.93. The summed E-state index contributed by atoms with van der Waals surface area (Å²) in [4.78, 5) is 6.36. The number of nitrogens with two attached hydrogens (primary N) is 2. The Balaban J connectivity index is 1.86. The van der Waals surface area contributed by atoms with E-state index in [1.54, 1.807) is 0 Å². The number of fused-ring (bicyclic) bond motifs is 2. The molecule has 0 aliphatic heterocycles. The van der Waals surface area contributed by atoms with Gasteiger partial charge in [0.05, 0.1) is 0 Å². The fraction of sp³-hybridized carbons (Fsp3) is 0.0588.